The molecule has 5 nitrogen and oxygen atoms in total. The number of piperidine rings is 1. The molecule has 0 aromatic rings. The van der Waals surface area contributed by atoms with Gasteiger partial charge in [-0.3, -0.25) is 0 Å². The zero-order valence-corrected chi connectivity index (χ0v) is 10.1. The number of rotatable bonds is 4. The highest BCUT2D eigenvalue weighted by Crippen LogP contribution is 2.10. The molecule has 90 valence electrons. The minimum atomic E-state index is -3.36. The molecule has 0 saturated carbocycles. The first-order chi connectivity index (χ1) is 6.95. The van der Waals surface area contributed by atoms with E-state index in [0.29, 0.717) is 0 Å². The minimum Gasteiger partial charge on any atom is -0.395 e. The second-order valence-electron chi connectivity index (χ2n) is 4.26. The van der Waals surface area contributed by atoms with Gasteiger partial charge in [0.15, 0.2) is 0 Å². The number of likely N-dealkylation sites (tertiary alicyclic amines) is 1. The Kier molecular flexibility index (Phi) is 4.51. The monoisotopic (exact) mass is 236 g/mol. The zero-order valence-electron chi connectivity index (χ0n) is 9.31. The van der Waals surface area contributed by atoms with E-state index in [4.69, 9.17) is 5.11 Å². The predicted molar refractivity (Wildman–Crippen MR) is 59.1 cm³/mol. The zero-order chi connectivity index (χ0) is 11.5. The molecule has 1 heterocycles. The van der Waals surface area contributed by atoms with Crippen molar-refractivity contribution in [3.05, 3.63) is 0 Å². The number of nitrogens with zero attached hydrogens (tertiary/aromatic N) is 1. The molecular formula is C9H20N2O3S. The summed E-state index contributed by atoms with van der Waals surface area (Å²) in [6.07, 6.45) is 1.89. The van der Waals surface area contributed by atoms with Crippen molar-refractivity contribution >= 4 is 10.0 Å². The molecule has 15 heavy (non-hydrogen) atoms. The fourth-order valence-corrected chi connectivity index (χ4v) is 2.79. The topological polar surface area (TPSA) is 69.6 Å². The predicted octanol–water partition coefficient (Wildman–Crippen LogP) is -0.619. The number of aliphatic hydroxyl groups excluding tert-OH is 1. The van der Waals surface area contributed by atoms with Crippen molar-refractivity contribution in [2.75, 3.05) is 26.7 Å². The van der Waals surface area contributed by atoms with Gasteiger partial charge in [0.1, 0.15) is 0 Å². The Labute approximate surface area is 91.5 Å². The Bertz CT molecular complexity index is 292. The molecule has 2 atom stereocenters. The molecule has 1 fully saturated rings. The van der Waals surface area contributed by atoms with Gasteiger partial charge >= 0.3 is 0 Å². The molecule has 2 unspecified atom stereocenters. The fraction of sp³-hybridized carbons (Fsp3) is 1.00. The van der Waals surface area contributed by atoms with Crippen LogP contribution < -0.4 is 4.72 Å². The van der Waals surface area contributed by atoms with E-state index < -0.39 is 15.3 Å². The third-order valence-corrected chi connectivity index (χ3v) is 4.61. The highest BCUT2D eigenvalue weighted by molar-refractivity contribution is 7.90. The number of aliphatic hydroxyl groups is 1. The molecule has 6 heteroatoms. The quantitative estimate of drug-likeness (QED) is 0.682. The van der Waals surface area contributed by atoms with Crippen LogP contribution in [-0.4, -0.2) is 56.5 Å². The van der Waals surface area contributed by atoms with E-state index in [1.54, 1.807) is 0 Å². The maximum atomic E-state index is 11.6. The van der Waals surface area contributed by atoms with Gasteiger partial charge in [0.25, 0.3) is 0 Å². The number of hydrogen-bond donors (Lipinski definition) is 2. The normalized spacial score (nSPS) is 26.5. The van der Waals surface area contributed by atoms with Crippen molar-refractivity contribution in [2.24, 2.45) is 0 Å². The Morgan fingerprint density at radius 2 is 2.27 bits per heavy atom. The molecule has 0 radical (unpaired) electrons. The second-order valence-corrected chi connectivity index (χ2v) is 6.39. The summed E-state index contributed by atoms with van der Waals surface area (Å²) in [5, 5.41) is 8.09. The van der Waals surface area contributed by atoms with E-state index in [2.05, 4.69) is 9.62 Å². The van der Waals surface area contributed by atoms with Crippen LogP contribution in [0.5, 0.6) is 0 Å². The van der Waals surface area contributed by atoms with Crippen LogP contribution in [0.15, 0.2) is 0 Å². The van der Waals surface area contributed by atoms with E-state index in [1.165, 1.54) is 6.92 Å². The van der Waals surface area contributed by atoms with Crippen molar-refractivity contribution in [2.45, 2.75) is 31.1 Å². The molecule has 1 saturated heterocycles. The van der Waals surface area contributed by atoms with Gasteiger partial charge in [-0.25, -0.2) is 13.1 Å². The summed E-state index contributed by atoms with van der Waals surface area (Å²) in [5.74, 6) is 0. The van der Waals surface area contributed by atoms with Crippen LogP contribution in [0.2, 0.25) is 0 Å². The van der Waals surface area contributed by atoms with Crippen LogP contribution in [0.4, 0.5) is 0 Å². The summed E-state index contributed by atoms with van der Waals surface area (Å²) >= 11 is 0. The largest absolute Gasteiger partial charge is 0.395 e. The van der Waals surface area contributed by atoms with Crippen molar-refractivity contribution in [3.63, 3.8) is 0 Å². The molecule has 0 aliphatic carbocycles. The molecule has 1 aliphatic heterocycles. The molecule has 0 spiro atoms. The first-order valence-electron chi connectivity index (χ1n) is 5.26. The van der Waals surface area contributed by atoms with E-state index in [-0.39, 0.29) is 12.6 Å². The van der Waals surface area contributed by atoms with Crippen LogP contribution in [0.25, 0.3) is 0 Å². The fourth-order valence-electron chi connectivity index (χ4n) is 1.71. The first-order valence-corrected chi connectivity index (χ1v) is 6.81. The lowest BCUT2D eigenvalue weighted by molar-refractivity contribution is 0.241. The molecule has 0 aromatic carbocycles. The number of nitrogens with one attached hydrogen (secondary N) is 1. The molecule has 0 amide bonds. The van der Waals surface area contributed by atoms with Crippen molar-refractivity contribution < 1.29 is 13.5 Å². The van der Waals surface area contributed by atoms with Crippen molar-refractivity contribution in [1.82, 2.24) is 9.62 Å². The van der Waals surface area contributed by atoms with Gasteiger partial charge in [-0.15, -0.1) is 0 Å². The average molecular weight is 236 g/mol. The van der Waals surface area contributed by atoms with Crippen molar-refractivity contribution in [3.8, 4) is 0 Å². The molecule has 1 rings (SSSR count). The summed E-state index contributed by atoms with van der Waals surface area (Å²) < 4.78 is 25.9. The standard InChI is InChI=1S/C9H20N2O3S/c1-8(7-12)15(13,14)10-9-4-3-5-11(2)6-9/h8-10,12H,3-7H2,1-2H3. The Balaban J connectivity index is 2.53. The van der Waals surface area contributed by atoms with E-state index in [9.17, 15) is 8.42 Å². The maximum Gasteiger partial charge on any atom is 0.216 e. The summed E-state index contributed by atoms with van der Waals surface area (Å²) in [5.41, 5.74) is 0. The molecule has 0 bridgehead atoms. The van der Waals surface area contributed by atoms with Crippen LogP contribution >= 0.6 is 0 Å². The summed E-state index contributed by atoms with van der Waals surface area (Å²) in [4.78, 5) is 2.11. The van der Waals surface area contributed by atoms with E-state index in [1.807, 2.05) is 7.05 Å². The second kappa shape index (κ2) is 5.25. The van der Waals surface area contributed by atoms with E-state index in [0.717, 1.165) is 25.9 Å². The number of hydrogen-bond acceptors (Lipinski definition) is 4. The highest BCUT2D eigenvalue weighted by Gasteiger charge is 2.26. The third-order valence-electron chi connectivity index (χ3n) is 2.74. The molecule has 2 N–H and O–H groups in total. The Hall–Kier alpha value is -0.170. The van der Waals surface area contributed by atoms with Gasteiger partial charge in [0.05, 0.1) is 11.9 Å². The van der Waals surface area contributed by atoms with Gasteiger partial charge < -0.3 is 10.0 Å². The summed E-state index contributed by atoms with van der Waals surface area (Å²) in [6.45, 7) is 2.94. The summed E-state index contributed by atoms with van der Waals surface area (Å²) in [7, 11) is -1.38. The van der Waals surface area contributed by atoms with Gasteiger partial charge in [0, 0.05) is 12.6 Å². The van der Waals surface area contributed by atoms with Crippen LogP contribution in [-0.2, 0) is 10.0 Å². The Morgan fingerprint density at radius 3 is 2.80 bits per heavy atom. The van der Waals surface area contributed by atoms with Gasteiger partial charge in [-0.2, -0.15) is 0 Å². The SMILES string of the molecule is CC(CO)S(=O)(=O)NC1CCCN(C)C1. The van der Waals surface area contributed by atoms with Gasteiger partial charge in [-0.05, 0) is 33.4 Å². The average Bonchev–Trinajstić information content (AvgIpc) is 2.15. The Morgan fingerprint density at radius 1 is 1.60 bits per heavy atom. The lowest BCUT2D eigenvalue weighted by Gasteiger charge is -2.30. The number of likely N-dealkylation sites (N-methyl/N-ethyl adjacent to an activating group) is 1. The minimum absolute atomic E-state index is 0.0113. The molecular weight excluding hydrogens is 216 g/mol. The van der Waals surface area contributed by atoms with Gasteiger partial charge in [0.2, 0.25) is 10.0 Å². The van der Waals surface area contributed by atoms with E-state index >= 15 is 0 Å². The highest BCUT2D eigenvalue weighted by atomic mass is 32.2. The first kappa shape index (κ1) is 12.9. The van der Waals surface area contributed by atoms with Crippen LogP contribution in [0.1, 0.15) is 19.8 Å². The molecule has 0 aromatic heterocycles. The maximum absolute atomic E-state index is 11.6. The smallest absolute Gasteiger partial charge is 0.216 e. The van der Waals surface area contributed by atoms with Crippen molar-refractivity contribution in [1.29, 1.82) is 0 Å². The van der Waals surface area contributed by atoms with Crippen LogP contribution in [0, 0.1) is 0 Å². The lowest BCUT2D eigenvalue weighted by Crippen LogP contribution is -2.48. The van der Waals surface area contributed by atoms with Gasteiger partial charge in [-0.1, -0.05) is 0 Å². The summed E-state index contributed by atoms with van der Waals surface area (Å²) in [6, 6.07) is -0.0113. The molecule has 1 aliphatic rings. The number of sulfonamides is 1. The third kappa shape index (κ3) is 3.71. The van der Waals surface area contributed by atoms with Crippen LogP contribution in [0.3, 0.4) is 0 Å². The lowest BCUT2D eigenvalue weighted by atomic mass is 10.1.